The second kappa shape index (κ2) is 4.73. The molecule has 1 aromatic heterocycles. The predicted molar refractivity (Wildman–Crippen MR) is 78.9 cm³/mol. The van der Waals surface area contributed by atoms with E-state index in [9.17, 15) is 9.59 Å². The topological polar surface area (TPSA) is 76.0 Å². The number of carbonyl (C=O) groups excluding carboxylic acids is 2. The van der Waals surface area contributed by atoms with E-state index in [4.69, 9.17) is 0 Å². The van der Waals surface area contributed by atoms with Crippen LogP contribution in [0.25, 0.3) is 11.3 Å². The maximum Gasteiger partial charge on any atom is 0.252 e. The van der Waals surface area contributed by atoms with Crippen LogP contribution in [-0.2, 0) is 18.4 Å². The fourth-order valence-corrected chi connectivity index (χ4v) is 2.72. The molecule has 2 aromatic rings. The maximum atomic E-state index is 11.8. The van der Waals surface area contributed by atoms with Crippen LogP contribution in [0.5, 0.6) is 0 Å². The minimum atomic E-state index is -0.153. The van der Waals surface area contributed by atoms with Gasteiger partial charge in [-0.15, -0.1) is 0 Å². The number of rotatable bonds is 2. The monoisotopic (exact) mass is 284 g/mol. The number of nitrogens with zero attached hydrogens (tertiary/aromatic N) is 2. The number of benzene rings is 1. The molecule has 0 saturated heterocycles. The first-order valence-electron chi connectivity index (χ1n) is 6.69. The molecule has 1 aliphatic heterocycles. The molecule has 6 heteroatoms. The van der Waals surface area contributed by atoms with Crippen LogP contribution < -0.4 is 10.6 Å². The van der Waals surface area contributed by atoms with Crippen LogP contribution >= 0.6 is 0 Å². The highest BCUT2D eigenvalue weighted by molar-refractivity contribution is 6.00. The molecule has 2 heterocycles. The van der Waals surface area contributed by atoms with Crippen molar-refractivity contribution in [2.24, 2.45) is 7.05 Å². The van der Waals surface area contributed by atoms with Gasteiger partial charge in [0.05, 0.1) is 5.69 Å². The standard InChI is InChI=1S/C15H16N4O2/c1-8-4-10(5-11-7-16-15(21)14(8)11)12-6-13(17-9(2)20)18-19(12)3/h4-6H,7H2,1-3H3,(H,16,21)(H,17,18,20). The Morgan fingerprint density at radius 1 is 1.38 bits per heavy atom. The molecule has 6 nitrogen and oxygen atoms in total. The van der Waals surface area contributed by atoms with Crippen molar-refractivity contribution in [3.63, 3.8) is 0 Å². The van der Waals surface area contributed by atoms with Gasteiger partial charge < -0.3 is 10.6 Å². The lowest BCUT2D eigenvalue weighted by molar-refractivity contribution is -0.114. The van der Waals surface area contributed by atoms with Crippen molar-refractivity contribution < 1.29 is 9.59 Å². The minimum Gasteiger partial charge on any atom is -0.348 e. The summed E-state index contributed by atoms with van der Waals surface area (Å²) in [6.45, 7) is 3.93. The first-order chi connectivity index (χ1) is 9.95. The lowest BCUT2D eigenvalue weighted by atomic mass is 9.99. The second-order valence-electron chi connectivity index (χ2n) is 5.23. The predicted octanol–water partition coefficient (Wildman–Crippen LogP) is 1.60. The Kier molecular flexibility index (Phi) is 3.01. The summed E-state index contributed by atoms with van der Waals surface area (Å²) in [6.07, 6.45) is 0. The first kappa shape index (κ1) is 13.4. The lowest BCUT2D eigenvalue weighted by Gasteiger charge is -2.07. The zero-order chi connectivity index (χ0) is 15.1. The van der Waals surface area contributed by atoms with E-state index in [-0.39, 0.29) is 11.8 Å². The Bertz CT molecular complexity index is 761. The number of anilines is 1. The highest BCUT2D eigenvalue weighted by Gasteiger charge is 2.22. The van der Waals surface area contributed by atoms with E-state index in [0.717, 1.165) is 27.9 Å². The molecular weight excluding hydrogens is 268 g/mol. The second-order valence-corrected chi connectivity index (χ2v) is 5.23. The molecule has 1 aliphatic rings. The molecule has 1 aromatic carbocycles. The van der Waals surface area contributed by atoms with Gasteiger partial charge in [-0.3, -0.25) is 14.3 Å². The summed E-state index contributed by atoms with van der Waals surface area (Å²) < 4.78 is 1.72. The molecule has 0 bridgehead atoms. The van der Waals surface area contributed by atoms with Crippen LogP contribution in [0.1, 0.15) is 28.4 Å². The Morgan fingerprint density at radius 3 is 2.86 bits per heavy atom. The molecule has 21 heavy (non-hydrogen) atoms. The Hall–Kier alpha value is -2.63. The van der Waals surface area contributed by atoms with Crippen LogP contribution in [0, 0.1) is 6.92 Å². The van der Waals surface area contributed by atoms with Gasteiger partial charge in [-0.1, -0.05) is 0 Å². The van der Waals surface area contributed by atoms with E-state index >= 15 is 0 Å². The van der Waals surface area contributed by atoms with Crippen molar-refractivity contribution in [3.05, 3.63) is 34.9 Å². The summed E-state index contributed by atoms with van der Waals surface area (Å²) in [7, 11) is 1.83. The van der Waals surface area contributed by atoms with Gasteiger partial charge in [-0.05, 0) is 30.2 Å². The van der Waals surface area contributed by atoms with E-state index in [2.05, 4.69) is 15.7 Å². The molecule has 0 fully saturated rings. The van der Waals surface area contributed by atoms with E-state index in [1.54, 1.807) is 4.68 Å². The number of amides is 2. The van der Waals surface area contributed by atoms with Crippen LogP contribution in [0.2, 0.25) is 0 Å². The van der Waals surface area contributed by atoms with Crippen LogP contribution in [0.3, 0.4) is 0 Å². The third kappa shape index (κ3) is 2.29. The molecule has 2 N–H and O–H groups in total. The zero-order valence-electron chi connectivity index (χ0n) is 12.2. The number of carbonyl (C=O) groups is 2. The number of fused-ring (bicyclic) bond motifs is 1. The fourth-order valence-electron chi connectivity index (χ4n) is 2.72. The van der Waals surface area contributed by atoms with Gasteiger partial charge >= 0.3 is 0 Å². The van der Waals surface area contributed by atoms with Crippen LogP contribution in [-0.4, -0.2) is 21.6 Å². The summed E-state index contributed by atoms with van der Waals surface area (Å²) >= 11 is 0. The van der Waals surface area contributed by atoms with E-state index in [1.165, 1.54) is 6.92 Å². The molecule has 0 atom stereocenters. The molecule has 0 saturated carbocycles. The quantitative estimate of drug-likeness (QED) is 0.879. The largest absolute Gasteiger partial charge is 0.348 e. The van der Waals surface area contributed by atoms with Gasteiger partial charge in [0.15, 0.2) is 5.82 Å². The smallest absolute Gasteiger partial charge is 0.252 e. The first-order valence-corrected chi connectivity index (χ1v) is 6.69. The Morgan fingerprint density at radius 2 is 2.14 bits per heavy atom. The van der Waals surface area contributed by atoms with E-state index in [1.807, 2.05) is 32.2 Å². The number of hydrogen-bond acceptors (Lipinski definition) is 3. The third-order valence-electron chi connectivity index (χ3n) is 3.56. The van der Waals surface area contributed by atoms with Gasteiger partial charge in [0.25, 0.3) is 5.91 Å². The average molecular weight is 284 g/mol. The SMILES string of the molecule is CC(=O)Nc1cc(-c2cc(C)c3c(c2)CNC3=O)n(C)n1. The summed E-state index contributed by atoms with van der Waals surface area (Å²) in [5, 5.41) is 9.77. The van der Waals surface area contributed by atoms with E-state index < -0.39 is 0 Å². The minimum absolute atomic E-state index is 0.0157. The highest BCUT2D eigenvalue weighted by atomic mass is 16.2. The van der Waals surface area contributed by atoms with Crippen LogP contribution in [0.4, 0.5) is 5.82 Å². The molecule has 0 unspecified atom stereocenters. The van der Waals surface area contributed by atoms with Gasteiger partial charge in [-0.2, -0.15) is 5.10 Å². The summed E-state index contributed by atoms with van der Waals surface area (Å²) in [6, 6.07) is 5.79. The molecule has 0 spiro atoms. The Balaban J connectivity index is 2.06. The summed E-state index contributed by atoms with van der Waals surface area (Å²) in [4.78, 5) is 22.9. The van der Waals surface area contributed by atoms with Crippen molar-refractivity contribution in [2.45, 2.75) is 20.4 Å². The zero-order valence-corrected chi connectivity index (χ0v) is 12.2. The van der Waals surface area contributed by atoms with Crippen LogP contribution in [0.15, 0.2) is 18.2 Å². The van der Waals surface area contributed by atoms with E-state index in [0.29, 0.717) is 12.4 Å². The van der Waals surface area contributed by atoms with Crippen molar-refractivity contribution >= 4 is 17.6 Å². The molecule has 2 amide bonds. The van der Waals surface area contributed by atoms with Crippen molar-refractivity contribution in [1.29, 1.82) is 0 Å². The van der Waals surface area contributed by atoms with Gasteiger partial charge in [0, 0.05) is 37.7 Å². The summed E-state index contributed by atoms with van der Waals surface area (Å²) in [5.41, 5.74) is 4.58. The molecule has 108 valence electrons. The van der Waals surface area contributed by atoms with Crippen molar-refractivity contribution in [3.8, 4) is 11.3 Å². The number of aryl methyl sites for hydroxylation is 2. The van der Waals surface area contributed by atoms with Gasteiger partial charge in [0.2, 0.25) is 5.91 Å². The average Bonchev–Trinajstić information content (AvgIpc) is 2.93. The molecular formula is C15H16N4O2. The Labute approximate surface area is 122 Å². The van der Waals surface area contributed by atoms with Gasteiger partial charge in [-0.25, -0.2) is 0 Å². The number of nitrogens with one attached hydrogen (secondary N) is 2. The number of hydrogen-bond donors (Lipinski definition) is 2. The van der Waals surface area contributed by atoms with Gasteiger partial charge in [0.1, 0.15) is 0 Å². The molecule has 0 aliphatic carbocycles. The highest BCUT2D eigenvalue weighted by Crippen LogP contribution is 2.29. The number of aromatic nitrogens is 2. The lowest BCUT2D eigenvalue weighted by Crippen LogP contribution is -2.13. The van der Waals surface area contributed by atoms with Crippen molar-refractivity contribution in [2.75, 3.05) is 5.32 Å². The fraction of sp³-hybridized carbons (Fsp3) is 0.267. The molecule has 0 radical (unpaired) electrons. The third-order valence-corrected chi connectivity index (χ3v) is 3.56. The molecule has 3 rings (SSSR count). The summed E-state index contributed by atoms with van der Waals surface area (Å²) in [5.74, 6) is 0.352. The van der Waals surface area contributed by atoms with Crippen molar-refractivity contribution in [1.82, 2.24) is 15.1 Å². The normalized spacial score (nSPS) is 13.0. The maximum absolute atomic E-state index is 11.8.